The highest BCUT2D eigenvalue weighted by atomic mass is 16.3. The Morgan fingerprint density at radius 2 is 1.92 bits per heavy atom. The van der Waals surface area contributed by atoms with E-state index in [1.165, 1.54) is 6.92 Å². The van der Waals surface area contributed by atoms with Crippen LogP contribution < -0.4 is 0 Å². The molecule has 0 heterocycles. The lowest BCUT2D eigenvalue weighted by Crippen LogP contribution is -2.22. The topological polar surface area (TPSA) is 57.5 Å². The van der Waals surface area contributed by atoms with Gasteiger partial charge in [-0.1, -0.05) is 0 Å². The van der Waals surface area contributed by atoms with Gasteiger partial charge in [0.05, 0.1) is 5.60 Å². The maximum atomic E-state index is 11.1. The molecule has 0 aromatic carbocycles. The predicted molar refractivity (Wildman–Crippen MR) is 51.4 cm³/mol. The Morgan fingerprint density at radius 3 is 2.23 bits per heavy atom. The van der Waals surface area contributed by atoms with E-state index in [1.807, 2.05) is 0 Å². The smallest absolute Gasteiger partial charge is 0.132 e. The highest BCUT2D eigenvalue weighted by Gasteiger charge is 2.19. The van der Waals surface area contributed by atoms with Crippen molar-refractivity contribution >= 4 is 5.78 Å². The molecule has 0 radical (unpaired) electrons. The molecule has 0 aromatic rings. The van der Waals surface area contributed by atoms with Crippen LogP contribution in [0, 0.1) is 5.92 Å². The van der Waals surface area contributed by atoms with Gasteiger partial charge in [-0.3, -0.25) is 4.79 Å². The molecule has 0 fully saturated rings. The van der Waals surface area contributed by atoms with E-state index in [9.17, 15) is 9.90 Å². The third-order valence-corrected chi connectivity index (χ3v) is 2.16. The zero-order valence-electron chi connectivity index (χ0n) is 8.71. The largest absolute Gasteiger partial charge is 0.396 e. The van der Waals surface area contributed by atoms with E-state index >= 15 is 0 Å². The van der Waals surface area contributed by atoms with Crippen molar-refractivity contribution in [1.29, 1.82) is 0 Å². The van der Waals surface area contributed by atoms with Gasteiger partial charge in [-0.2, -0.15) is 0 Å². The molecule has 0 rings (SSSR count). The molecule has 0 saturated heterocycles. The first-order chi connectivity index (χ1) is 5.87. The van der Waals surface area contributed by atoms with Crippen LogP contribution in [-0.2, 0) is 4.79 Å². The molecule has 0 aromatic heterocycles. The summed E-state index contributed by atoms with van der Waals surface area (Å²) in [6.45, 7) is 5.02. The van der Waals surface area contributed by atoms with Crippen molar-refractivity contribution < 1.29 is 15.0 Å². The molecule has 3 nitrogen and oxygen atoms in total. The second kappa shape index (κ2) is 5.35. The number of carbonyl (C=O) groups is 1. The summed E-state index contributed by atoms with van der Waals surface area (Å²) in [5.74, 6) is -0.00488. The monoisotopic (exact) mass is 188 g/mol. The molecule has 1 unspecified atom stereocenters. The molecular formula is C10H20O3. The highest BCUT2D eigenvalue weighted by molar-refractivity contribution is 5.78. The molecule has 2 N–H and O–H groups in total. The summed E-state index contributed by atoms with van der Waals surface area (Å²) >= 11 is 0. The second-order valence-electron chi connectivity index (χ2n) is 4.17. The fourth-order valence-electron chi connectivity index (χ4n) is 1.23. The molecule has 13 heavy (non-hydrogen) atoms. The van der Waals surface area contributed by atoms with Crippen LogP contribution >= 0.6 is 0 Å². The van der Waals surface area contributed by atoms with Gasteiger partial charge < -0.3 is 10.2 Å². The number of ketones is 1. The Morgan fingerprint density at radius 1 is 1.38 bits per heavy atom. The summed E-state index contributed by atoms with van der Waals surface area (Å²) in [4.78, 5) is 11.1. The summed E-state index contributed by atoms with van der Waals surface area (Å²) in [5, 5.41) is 18.1. The molecular weight excluding hydrogens is 168 g/mol. The van der Waals surface area contributed by atoms with E-state index in [0.29, 0.717) is 19.3 Å². The van der Waals surface area contributed by atoms with Gasteiger partial charge in [-0.25, -0.2) is 0 Å². The van der Waals surface area contributed by atoms with E-state index in [1.54, 1.807) is 13.8 Å². The van der Waals surface area contributed by atoms with E-state index in [-0.39, 0.29) is 18.3 Å². The number of hydrogen-bond acceptors (Lipinski definition) is 3. The SMILES string of the molecule is CC(=O)C(CCO)CCC(C)(C)O. The quantitative estimate of drug-likeness (QED) is 0.657. The Kier molecular flexibility index (Phi) is 5.18. The Bertz CT molecular complexity index is 158. The molecule has 0 aliphatic carbocycles. The third kappa shape index (κ3) is 6.72. The van der Waals surface area contributed by atoms with Crippen molar-refractivity contribution in [2.75, 3.05) is 6.61 Å². The molecule has 78 valence electrons. The van der Waals surface area contributed by atoms with Gasteiger partial charge in [0.1, 0.15) is 5.78 Å². The minimum atomic E-state index is -0.719. The maximum Gasteiger partial charge on any atom is 0.132 e. The van der Waals surface area contributed by atoms with Gasteiger partial charge in [0.2, 0.25) is 0 Å². The first-order valence-corrected chi connectivity index (χ1v) is 4.70. The van der Waals surface area contributed by atoms with Crippen molar-refractivity contribution in [3.8, 4) is 0 Å². The van der Waals surface area contributed by atoms with Gasteiger partial charge in [-0.05, 0) is 40.0 Å². The number of Topliss-reactive ketones (excluding diaryl/α,β-unsaturated/α-hetero) is 1. The fraction of sp³-hybridized carbons (Fsp3) is 0.900. The minimum Gasteiger partial charge on any atom is -0.396 e. The lowest BCUT2D eigenvalue weighted by atomic mass is 9.91. The molecule has 0 amide bonds. The van der Waals surface area contributed by atoms with Crippen molar-refractivity contribution in [2.24, 2.45) is 5.92 Å². The minimum absolute atomic E-state index is 0.0378. The van der Waals surface area contributed by atoms with Crippen LogP contribution in [0.15, 0.2) is 0 Å². The van der Waals surface area contributed by atoms with E-state index in [0.717, 1.165) is 0 Å². The second-order valence-corrected chi connectivity index (χ2v) is 4.17. The molecule has 0 spiro atoms. The van der Waals surface area contributed by atoms with Gasteiger partial charge in [0, 0.05) is 12.5 Å². The maximum absolute atomic E-state index is 11.1. The van der Waals surface area contributed by atoms with Crippen LogP contribution in [0.3, 0.4) is 0 Å². The molecule has 0 aliphatic heterocycles. The first kappa shape index (κ1) is 12.6. The Labute approximate surface area is 79.8 Å². The number of hydrogen-bond donors (Lipinski definition) is 2. The number of carbonyl (C=O) groups excluding carboxylic acids is 1. The molecule has 3 heteroatoms. The van der Waals surface area contributed by atoms with Crippen LogP contribution in [0.5, 0.6) is 0 Å². The average Bonchev–Trinajstić information content (AvgIpc) is 1.95. The summed E-state index contributed by atoms with van der Waals surface area (Å²) in [6, 6.07) is 0. The zero-order valence-corrected chi connectivity index (χ0v) is 8.71. The van der Waals surface area contributed by atoms with Crippen LogP contribution in [0.25, 0.3) is 0 Å². The standard InChI is InChI=1S/C10H20O3/c1-8(12)9(5-7-11)4-6-10(2,3)13/h9,11,13H,4-7H2,1-3H3. The van der Waals surface area contributed by atoms with Crippen molar-refractivity contribution in [2.45, 2.75) is 45.6 Å². The normalized spacial score (nSPS) is 14.2. The predicted octanol–water partition coefficient (Wildman–Crippen LogP) is 1.13. The first-order valence-electron chi connectivity index (χ1n) is 4.70. The van der Waals surface area contributed by atoms with Gasteiger partial charge in [0.15, 0.2) is 0 Å². The molecule has 0 aliphatic rings. The summed E-state index contributed by atoms with van der Waals surface area (Å²) in [6.07, 6.45) is 1.75. The van der Waals surface area contributed by atoms with Crippen molar-refractivity contribution in [3.63, 3.8) is 0 Å². The number of rotatable bonds is 6. The number of aliphatic hydroxyl groups is 2. The van der Waals surface area contributed by atoms with Crippen LogP contribution in [0.4, 0.5) is 0 Å². The summed E-state index contributed by atoms with van der Waals surface area (Å²) < 4.78 is 0. The van der Waals surface area contributed by atoms with E-state index in [2.05, 4.69) is 0 Å². The van der Waals surface area contributed by atoms with Crippen LogP contribution in [0.1, 0.15) is 40.0 Å². The van der Waals surface area contributed by atoms with Gasteiger partial charge >= 0.3 is 0 Å². The molecule has 0 bridgehead atoms. The van der Waals surface area contributed by atoms with Crippen molar-refractivity contribution in [3.05, 3.63) is 0 Å². The van der Waals surface area contributed by atoms with E-state index < -0.39 is 5.60 Å². The Hall–Kier alpha value is -0.410. The lowest BCUT2D eigenvalue weighted by molar-refractivity contribution is -0.121. The average molecular weight is 188 g/mol. The lowest BCUT2D eigenvalue weighted by Gasteiger charge is -2.20. The Balaban J connectivity index is 3.90. The summed E-state index contributed by atoms with van der Waals surface area (Å²) in [7, 11) is 0. The highest BCUT2D eigenvalue weighted by Crippen LogP contribution is 2.18. The zero-order chi connectivity index (χ0) is 10.5. The molecule has 1 atom stereocenters. The van der Waals surface area contributed by atoms with E-state index in [4.69, 9.17) is 5.11 Å². The van der Waals surface area contributed by atoms with Crippen LogP contribution in [0.2, 0.25) is 0 Å². The van der Waals surface area contributed by atoms with Gasteiger partial charge in [-0.15, -0.1) is 0 Å². The third-order valence-electron chi connectivity index (χ3n) is 2.16. The van der Waals surface area contributed by atoms with Crippen molar-refractivity contribution in [1.82, 2.24) is 0 Å². The number of aliphatic hydroxyl groups excluding tert-OH is 1. The fourth-order valence-corrected chi connectivity index (χ4v) is 1.23. The molecule has 0 saturated carbocycles. The summed E-state index contributed by atoms with van der Waals surface area (Å²) in [5.41, 5.74) is -0.719. The van der Waals surface area contributed by atoms with Crippen LogP contribution in [-0.4, -0.2) is 28.2 Å². The van der Waals surface area contributed by atoms with Gasteiger partial charge in [0.25, 0.3) is 0 Å².